The molecule has 0 amide bonds. The van der Waals surface area contributed by atoms with Gasteiger partial charge in [0.1, 0.15) is 0 Å². The summed E-state index contributed by atoms with van der Waals surface area (Å²) in [6, 6.07) is 8.44. The molecule has 2 rings (SSSR count). The lowest BCUT2D eigenvalue weighted by Gasteiger charge is -1.97. The average molecular weight is 204 g/mol. The van der Waals surface area contributed by atoms with Crippen LogP contribution in [-0.4, -0.2) is 15.4 Å². The molecule has 0 fully saturated rings. The second-order valence-corrected chi connectivity index (χ2v) is 3.92. The van der Waals surface area contributed by atoms with Crippen molar-refractivity contribution < 1.29 is 0 Å². The minimum Gasteiger partial charge on any atom is -0.214 e. The van der Waals surface area contributed by atoms with Crippen molar-refractivity contribution in [1.29, 1.82) is 0 Å². The van der Waals surface area contributed by atoms with Crippen LogP contribution in [0.1, 0.15) is 5.56 Å². The molecule has 0 aliphatic carbocycles. The number of aromatic nitrogens is 2. The Hall–Kier alpha value is -1.22. The summed E-state index contributed by atoms with van der Waals surface area (Å²) in [5, 5.41) is 4.22. The predicted molar refractivity (Wildman–Crippen MR) is 61.3 cm³/mol. The van der Waals surface area contributed by atoms with E-state index in [0.717, 1.165) is 0 Å². The number of hydrogen-bond donors (Lipinski definition) is 0. The van der Waals surface area contributed by atoms with Gasteiger partial charge in [0.25, 0.3) is 0 Å². The summed E-state index contributed by atoms with van der Waals surface area (Å²) in [6.07, 6.45) is 5.94. The first-order valence-corrected chi connectivity index (χ1v) is 5.64. The summed E-state index contributed by atoms with van der Waals surface area (Å²) in [7, 11) is 0. The molecule has 1 aromatic heterocycles. The summed E-state index contributed by atoms with van der Waals surface area (Å²) < 4.78 is 1.86. The monoisotopic (exact) mass is 204 g/mol. The van der Waals surface area contributed by atoms with E-state index < -0.39 is 0 Å². The van der Waals surface area contributed by atoms with Gasteiger partial charge >= 0.3 is 0 Å². The van der Waals surface area contributed by atoms with Crippen LogP contribution in [0.2, 0.25) is 0 Å². The third kappa shape index (κ3) is 1.82. The molecule has 14 heavy (non-hydrogen) atoms. The van der Waals surface area contributed by atoms with Crippen LogP contribution in [0.3, 0.4) is 0 Å². The van der Waals surface area contributed by atoms with Crippen molar-refractivity contribution >= 4 is 11.9 Å². The zero-order valence-electron chi connectivity index (χ0n) is 8.27. The number of benzene rings is 1. The maximum Gasteiger partial charge on any atom is 0.0578 e. The number of aryl methyl sites for hydroxylation is 1. The van der Waals surface area contributed by atoms with Crippen molar-refractivity contribution in [3.63, 3.8) is 0 Å². The molecule has 0 spiro atoms. The summed E-state index contributed by atoms with van der Waals surface area (Å²) in [6.45, 7) is 2.10. The highest BCUT2D eigenvalue weighted by molar-refractivity contribution is 7.97. The molecule has 0 N–H and O–H groups in total. The third-order valence-electron chi connectivity index (χ3n) is 2.10. The van der Waals surface area contributed by atoms with E-state index >= 15 is 0 Å². The first-order chi connectivity index (χ1) is 6.79. The average Bonchev–Trinajstić information content (AvgIpc) is 2.66. The van der Waals surface area contributed by atoms with Crippen LogP contribution in [0, 0.1) is 6.92 Å². The summed E-state index contributed by atoms with van der Waals surface area (Å²) in [5.41, 5.74) is 3.67. The molecule has 2 nitrogen and oxygen atoms in total. The summed E-state index contributed by atoms with van der Waals surface area (Å²) >= 11 is 1.59. The van der Waals surface area contributed by atoms with Gasteiger partial charge in [0.15, 0.2) is 0 Å². The Labute approximate surface area is 88.1 Å². The molecule has 72 valence electrons. The molecule has 0 aliphatic rings. The second kappa shape index (κ2) is 3.88. The molecule has 0 radical (unpaired) electrons. The van der Waals surface area contributed by atoms with Gasteiger partial charge in [-0.2, -0.15) is 5.10 Å². The van der Waals surface area contributed by atoms with Crippen molar-refractivity contribution in [3.8, 4) is 11.1 Å². The van der Waals surface area contributed by atoms with Gasteiger partial charge in [0.05, 0.1) is 6.20 Å². The van der Waals surface area contributed by atoms with E-state index in [1.54, 1.807) is 11.9 Å². The Bertz CT molecular complexity index is 434. The fraction of sp³-hybridized carbons (Fsp3) is 0.182. The topological polar surface area (TPSA) is 17.8 Å². The van der Waals surface area contributed by atoms with Crippen molar-refractivity contribution in [2.24, 2.45) is 0 Å². The van der Waals surface area contributed by atoms with Crippen LogP contribution in [0.25, 0.3) is 11.1 Å². The van der Waals surface area contributed by atoms with Crippen molar-refractivity contribution in [2.45, 2.75) is 6.92 Å². The molecular weight excluding hydrogens is 192 g/mol. The van der Waals surface area contributed by atoms with Crippen LogP contribution in [-0.2, 0) is 0 Å². The van der Waals surface area contributed by atoms with Crippen molar-refractivity contribution in [1.82, 2.24) is 9.19 Å². The highest BCUT2D eigenvalue weighted by atomic mass is 32.2. The maximum atomic E-state index is 4.22. The highest BCUT2D eigenvalue weighted by Gasteiger charge is 2.00. The van der Waals surface area contributed by atoms with E-state index in [0.29, 0.717) is 0 Å². The van der Waals surface area contributed by atoms with Crippen molar-refractivity contribution in [2.75, 3.05) is 6.26 Å². The third-order valence-corrected chi connectivity index (χ3v) is 2.67. The van der Waals surface area contributed by atoms with E-state index in [1.807, 2.05) is 22.7 Å². The van der Waals surface area contributed by atoms with E-state index in [4.69, 9.17) is 0 Å². The lowest BCUT2D eigenvalue weighted by atomic mass is 10.1. The minimum absolute atomic E-state index is 1.17. The molecule has 0 saturated heterocycles. The number of rotatable bonds is 2. The van der Waals surface area contributed by atoms with Crippen molar-refractivity contribution in [3.05, 3.63) is 42.2 Å². The van der Waals surface area contributed by atoms with Gasteiger partial charge < -0.3 is 0 Å². The number of hydrogen-bond acceptors (Lipinski definition) is 2. The predicted octanol–water partition coefficient (Wildman–Crippen LogP) is 2.98. The van der Waals surface area contributed by atoms with Gasteiger partial charge in [-0.25, -0.2) is 4.09 Å². The molecular formula is C11H12N2S. The highest BCUT2D eigenvalue weighted by Crippen LogP contribution is 2.20. The van der Waals surface area contributed by atoms with E-state index in [-0.39, 0.29) is 0 Å². The number of nitrogens with zero attached hydrogens (tertiary/aromatic N) is 2. The second-order valence-electron chi connectivity index (χ2n) is 3.18. The molecule has 0 saturated carbocycles. The van der Waals surface area contributed by atoms with Crippen LogP contribution in [0.4, 0.5) is 0 Å². The summed E-state index contributed by atoms with van der Waals surface area (Å²) in [5.74, 6) is 0. The van der Waals surface area contributed by atoms with E-state index in [2.05, 4.69) is 36.3 Å². The Morgan fingerprint density at radius 1 is 1.29 bits per heavy atom. The molecule has 2 aromatic rings. The molecule has 0 bridgehead atoms. The van der Waals surface area contributed by atoms with Gasteiger partial charge in [0.2, 0.25) is 0 Å². The Balaban J connectivity index is 2.39. The zero-order chi connectivity index (χ0) is 9.97. The fourth-order valence-corrected chi connectivity index (χ4v) is 1.74. The normalized spacial score (nSPS) is 10.4. The fourth-order valence-electron chi connectivity index (χ4n) is 1.38. The molecule has 3 heteroatoms. The largest absolute Gasteiger partial charge is 0.214 e. The van der Waals surface area contributed by atoms with E-state index in [9.17, 15) is 0 Å². The lowest BCUT2D eigenvalue weighted by Crippen LogP contribution is -1.81. The SMILES string of the molecule is CSn1cc(-c2cccc(C)c2)cn1. The van der Waals surface area contributed by atoms with Crippen LogP contribution in [0.5, 0.6) is 0 Å². The quantitative estimate of drug-likeness (QED) is 0.748. The van der Waals surface area contributed by atoms with Gasteiger partial charge in [-0.3, -0.25) is 0 Å². The molecule has 0 atom stereocenters. The smallest absolute Gasteiger partial charge is 0.0578 e. The molecule has 1 heterocycles. The van der Waals surface area contributed by atoms with Crippen LogP contribution < -0.4 is 0 Å². The lowest BCUT2D eigenvalue weighted by molar-refractivity contribution is 1.01. The standard InChI is InChI=1S/C11H12N2S/c1-9-4-3-5-10(6-9)11-7-12-13(8-11)14-2/h3-8H,1-2H3. The summed E-state index contributed by atoms with van der Waals surface area (Å²) in [4.78, 5) is 0. The first kappa shape index (κ1) is 9.34. The van der Waals surface area contributed by atoms with Crippen LogP contribution >= 0.6 is 11.9 Å². The van der Waals surface area contributed by atoms with Gasteiger partial charge in [-0.05, 0) is 24.4 Å². The van der Waals surface area contributed by atoms with Gasteiger partial charge in [-0.15, -0.1) is 0 Å². The first-order valence-electron chi connectivity index (χ1n) is 4.46. The zero-order valence-corrected chi connectivity index (χ0v) is 9.08. The van der Waals surface area contributed by atoms with E-state index in [1.165, 1.54) is 16.7 Å². The Morgan fingerprint density at radius 3 is 2.79 bits per heavy atom. The molecule has 1 aromatic carbocycles. The van der Waals surface area contributed by atoms with Gasteiger partial charge in [-0.1, -0.05) is 29.8 Å². The molecule has 0 aliphatic heterocycles. The van der Waals surface area contributed by atoms with Gasteiger partial charge in [0, 0.05) is 18.0 Å². The molecule has 0 unspecified atom stereocenters. The Morgan fingerprint density at radius 2 is 2.14 bits per heavy atom. The minimum atomic E-state index is 1.17. The Kier molecular flexibility index (Phi) is 2.59. The van der Waals surface area contributed by atoms with Crippen LogP contribution in [0.15, 0.2) is 36.7 Å². The maximum absolute atomic E-state index is 4.22.